The van der Waals surface area contributed by atoms with Crippen molar-refractivity contribution in [2.45, 2.75) is 25.8 Å². The van der Waals surface area contributed by atoms with Gasteiger partial charge in [0.05, 0.1) is 6.26 Å². The Labute approximate surface area is 83.5 Å². The third-order valence-electron chi connectivity index (χ3n) is 1.87. The molecular formula is C10H16N2O2. The number of carbonyl (C=O) groups is 1. The van der Waals surface area contributed by atoms with Crippen LogP contribution in [0.1, 0.15) is 30.3 Å². The zero-order chi connectivity index (χ0) is 10.4. The molecule has 4 heteroatoms. The molecule has 0 aliphatic carbocycles. The Bertz CT molecular complexity index is 268. The summed E-state index contributed by atoms with van der Waals surface area (Å²) < 4.78 is 4.94. The lowest BCUT2D eigenvalue weighted by molar-refractivity contribution is 0.0925. The van der Waals surface area contributed by atoms with Crippen molar-refractivity contribution in [1.82, 2.24) is 5.32 Å². The van der Waals surface area contributed by atoms with E-state index in [0.717, 1.165) is 12.8 Å². The van der Waals surface area contributed by atoms with Crippen LogP contribution in [-0.4, -0.2) is 18.5 Å². The Hall–Kier alpha value is -1.29. The maximum atomic E-state index is 11.3. The molecule has 0 bridgehead atoms. The quantitative estimate of drug-likeness (QED) is 0.694. The lowest BCUT2D eigenvalue weighted by atomic mass is 10.2. The van der Waals surface area contributed by atoms with Gasteiger partial charge in [0.25, 0.3) is 5.91 Å². The van der Waals surface area contributed by atoms with Gasteiger partial charge in [0.2, 0.25) is 0 Å². The van der Waals surface area contributed by atoms with Gasteiger partial charge < -0.3 is 15.5 Å². The summed E-state index contributed by atoms with van der Waals surface area (Å²) in [5, 5.41) is 2.75. The van der Waals surface area contributed by atoms with E-state index >= 15 is 0 Å². The fourth-order valence-electron chi connectivity index (χ4n) is 1.12. The monoisotopic (exact) mass is 196 g/mol. The van der Waals surface area contributed by atoms with Gasteiger partial charge in [-0.2, -0.15) is 0 Å². The van der Waals surface area contributed by atoms with E-state index in [2.05, 4.69) is 5.32 Å². The highest BCUT2D eigenvalue weighted by atomic mass is 16.3. The molecule has 1 aromatic rings. The van der Waals surface area contributed by atoms with Crippen LogP contribution in [0.4, 0.5) is 0 Å². The van der Waals surface area contributed by atoms with Crippen molar-refractivity contribution in [3.8, 4) is 0 Å². The fraction of sp³-hybridized carbons (Fsp3) is 0.500. The highest BCUT2D eigenvalue weighted by molar-refractivity contribution is 5.91. The molecule has 0 aliphatic rings. The summed E-state index contributed by atoms with van der Waals surface area (Å²) in [5.41, 5.74) is 5.57. The van der Waals surface area contributed by atoms with Crippen LogP contribution in [0.3, 0.4) is 0 Å². The molecule has 1 amide bonds. The molecule has 1 heterocycles. The molecule has 1 rings (SSSR count). The summed E-state index contributed by atoms with van der Waals surface area (Å²) >= 11 is 0. The molecule has 0 saturated heterocycles. The number of rotatable bonds is 5. The molecule has 0 aromatic carbocycles. The van der Waals surface area contributed by atoms with Crippen LogP contribution in [0.15, 0.2) is 22.8 Å². The fourth-order valence-corrected chi connectivity index (χ4v) is 1.12. The molecule has 0 saturated carbocycles. The lowest BCUT2D eigenvalue weighted by Crippen LogP contribution is -2.25. The number of nitrogens with two attached hydrogens (primary N) is 1. The Balaban J connectivity index is 2.16. The van der Waals surface area contributed by atoms with Gasteiger partial charge >= 0.3 is 0 Å². The minimum Gasteiger partial charge on any atom is -0.459 e. The normalized spacial score (nSPS) is 12.4. The van der Waals surface area contributed by atoms with Crippen molar-refractivity contribution in [2.75, 3.05) is 6.54 Å². The van der Waals surface area contributed by atoms with E-state index in [1.165, 1.54) is 6.26 Å². The van der Waals surface area contributed by atoms with Crippen LogP contribution < -0.4 is 11.1 Å². The van der Waals surface area contributed by atoms with E-state index in [-0.39, 0.29) is 11.9 Å². The number of carbonyl (C=O) groups excluding carboxylic acids is 1. The second kappa shape index (κ2) is 5.44. The molecule has 3 N–H and O–H groups in total. The van der Waals surface area contributed by atoms with Gasteiger partial charge in [0.1, 0.15) is 0 Å². The molecule has 4 nitrogen and oxygen atoms in total. The molecule has 1 aromatic heterocycles. The van der Waals surface area contributed by atoms with Crippen LogP contribution in [0.25, 0.3) is 0 Å². The summed E-state index contributed by atoms with van der Waals surface area (Å²) in [4.78, 5) is 11.3. The maximum Gasteiger partial charge on any atom is 0.286 e. The van der Waals surface area contributed by atoms with E-state index in [1.54, 1.807) is 12.1 Å². The van der Waals surface area contributed by atoms with Crippen LogP contribution in [0.2, 0.25) is 0 Å². The molecule has 78 valence electrons. The zero-order valence-electron chi connectivity index (χ0n) is 8.32. The summed E-state index contributed by atoms with van der Waals surface area (Å²) in [5.74, 6) is 0.186. The van der Waals surface area contributed by atoms with Gasteiger partial charge in [-0.15, -0.1) is 0 Å². The number of furan rings is 1. The standard InChI is InChI=1S/C10H16N2O2/c1-8(11)4-2-6-12-10(13)9-5-3-7-14-9/h3,5,7-8H,2,4,6,11H2,1H3,(H,12,13). The number of amides is 1. The SMILES string of the molecule is CC(N)CCCNC(=O)c1ccco1. The van der Waals surface area contributed by atoms with E-state index in [4.69, 9.17) is 10.2 Å². The predicted octanol–water partition coefficient (Wildman–Crippen LogP) is 1.14. The maximum absolute atomic E-state index is 11.3. The number of nitrogens with one attached hydrogen (secondary N) is 1. The van der Waals surface area contributed by atoms with Crippen LogP contribution in [0.5, 0.6) is 0 Å². The lowest BCUT2D eigenvalue weighted by Gasteiger charge is -2.05. The highest BCUT2D eigenvalue weighted by Gasteiger charge is 2.06. The molecule has 0 spiro atoms. The number of hydrogen-bond donors (Lipinski definition) is 2. The van der Waals surface area contributed by atoms with E-state index in [0.29, 0.717) is 12.3 Å². The van der Waals surface area contributed by atoms with Crippen LogP contribution in [-0.2, 0) is 0 Å². The zero-order valence-corrected chi connectivity index (χ0v) is 8.32. The Morgan fingerprint density at radius 2 is 2.50 bits per heavy atom. The van der Waals surface area contributed by atoms with Crippen molar-refractivity contribution in [2.24, 2.45) is 5.73 Å². The molecule has 1 atom stereocenters. The summed E-state index contributed by atoms with van der Waals surface area (Å²) in [6.07, 6.45) is 3.29. The average molecular weight is 196 g/mol. The van der Waals surface area contributed by atoms with Gasteiger partial charge in [0, 0.05) is 12.6 Å². The third kappa shape index (κ3) is 3.62. The predicted molar refractivity (Wildman–Crippen MR) is 53.9 cm³/mol. The van der Waals surface area contributed by atoms with Gasteiger partial charge in [-0.3, -0.25) is 4.79 Å². The summed E-state index contributed by atoms with van der Waals surface area (Å²) in [6.45, 7) is 2.59. The van der Waals surface area contributed by atoms with Crippen molar-refractivity contribution in [3.05, 3.63) is 24.2 Å². The number of hydrogen-bond acceptors (Lipinski definition) is 3. The molecule has 1 unspecified atom stereocenters. The van der Waals surface area contributed by atoms with Crippen LogP contribution in [0, 0.1) is 0 Å². The smallest absolute Gasteiger partial charge is 0.286 e. The van der Waals surface area contributed by atoms with Gasteiger partial charge in [-0.05, 0) is 31.9 Å². The van der Waals surface area contributed by atoms with Gasteiger partial charge in [-0.25, -0.2) is 0 Å². The Kier molecular flexibility index (Phi) is 4.19. The Morgan fingerprint density at radius 3 is 3.07 bits per heavy atom. The van der Waals surface area contributed by atoms with Crippen molar-refractivity contribution >= 4 is 5.91 Å². The van der Waals surface area contributed by atoms with Gasteiger partial charge in [0.15, 0.2) is 5.76 Å². The van der Waals surface area contributed by atoms with E-state index in [1.807, 2.05) is 6.92 Å². The second-order valence-corrected chi connectivity index (χ2v) is 3.35. The molecule has 14 heavy (non-hydrogen) atoms. The average Bonchev–Trinajstić information content (AvgIpc) is 2.64. The van der Waals surface area contributed by atoms with Crippen molar-refractivity contribution in [1.29, 1.82) is 0 Å². The molecule has 0 radical (unpaired) electrons. The molecule has 0 aliphatic heterocycles. The van der Waals surface area contributed by atoms with Crippen molar-refractivity contribution < 1.29 is 9.21 Å². The van der Waals surface area contributed by atoms with Gasteiger partial charge in [-0.1, -0.05) is 0 Å². The first-order valence-corrected chi connectivity index (χ1v) is 4.77. The van der Waals surface area contributed by atoms with Crippen LogP contribution >= 0.6 is 0 Å². The second-order valence-electron chi connectivity index (χ2n) is 3.35. The first-order chi connectivity index (χ1) is 6.70. The van der Waals surface area contributed by atoms with E-state index in [9.17, 15) is 4.79 Å². The first-order valence-electron chi connectivity index (χ1n) is 4.77. The molecule has 0 fully saturated rings. The first kappa shape index (κ1) is 10.8. The molecular weight excluding hydrogens is 180 g/mol. The Morgan fingerprint density at radius 1 is 1.71 bits per heavy atom. The minimum atomic E-state index is -0.167. The highest BCUT2D eigenvalue weighted by Crippen LogP contribution is 1.99. The topological polar surface area (TPSA) is 68.3 Å². The largest absolute Gasteiger partial charge is 0.459 e. The van der Waals surface area contributed by atoms with E-state index < -0.39 is 0 Å². The third-order valence-corrected chi connectivity index (χ3v) is 1.87. The minimum absolute atomic E-state index is 0.167. The van der Waals surface area contributed by atoms with Crippen molar-refractivity contribution in [3.63, 3.8) is 0 Å². The summed E-state index contributed by atoms with van der Waals surface area (Å²) in [6, 6.07) is 3.52. The summed E-state index contributed by atoms with van der Waals surface area (Å²) in [7, 11) is 0.